The van der Waals surface area contributed by atoms with Crippen molar-refractivity contribution in [3.05, 3.63) is 22.4 Å². The van der Waals surface area contributed by atoms with E-state index in [1.165, 1.54) is 29.2 Å². The molecule has 0 aliphatic carbocycles. The summed E-state index contributed by atoms with van der Waals surface area (Å²) in [5, 5.41) is 9.17. The quantitative estimate of drug-likeness (QED) is 0.427. The number of rotatable bonds is 4. The molecule has 21 heavy (non-hydrogen) atoms. The van der Waals surface area contributed by atoms with Gasteiger partial charge in [0.25, 0.3) is 0 Å². The third-order valence-corrected chi connectivity index (χ3v) is 6.06. The molecule has 1 aliphatic heterocycles. The van der Waals surface area contributed by atoms with Crippen molar-refractivity contribution in [2.75, 3.05) is 25.1 Å². The van der Waals surface area contributed by atoms with Crippen molar-refractivity contribution in [1.29, 1.82) is 0 Å². The molecule has 1 unspecified atom stereocenters. The van der Waals surface area contributed by atoms with Crippen molar-refractivity contribution in [3.8, 4) is 0 Å². The summed E-state index contributed by atoms with van der Waals surface area (Å²) < 4.78 is 0. The number of hydrogen-bond acceptors (Lipinski definition) is 3. The summed E-state index contributed by atoms with van der Waals surface area (Å²) in [5.74, 6) is 3.42. The third-order valence-electron chi connectivity index (χ3n) is 3.61. The van der Waals surface area contributed by atoms with Gasteiger partial charge in [0, 0.05) is 35.7 Å². The molecule has 6 heteroatoms. The van der Waals surface area contributed by atoms with Gasteiger partial charge in [-0.3, -0.25) is 4.99 Å². The second-order valence-electron chi connectivity index (χ2n) is 5.85. The first kappa shape index (κ1) is 19.1. The summed E-state index contributed by atoms with van der Waals surface area (Å²) in [7, 11) is 1.85. The van der Waals surface area contributed by atoms with Gasteiger partial charge >= 0.3 is 0 Å². The monoisotopic (exact) mass is 439 g/mol. The van der Waals surface area contributed by atoms with Crippen LogP contribution in [0.15, 0.2) is 22.5 Å². The molecule has 1 saturated heterocycles. The molecule has 3 nitrogen and oxygen atoms in total. The molecule has 2 rings (SSSR count). The Hall–Kier alpha value is 0.0500. The highest BCUT2D eigenvalue weighted by molar-refractivity contribution is 14.0. The number of guanidine groups is 1. The normalized spacial score (nSPS) is 19.8. The van der Waals surface area contributed by atoms with Crippen LogP contribution in [-0.2, 0) is 5.41 Å². The minimum atomic E-state index is 0. The Morgan fingerprint density at radius 3 is 2.86 bits per heavy atom. The standard InChI is InChI=1S/C15H25N3S2.HI/c1-15(2,13-7-5-9-20-13)11-17-14(16-3)18-12-6-4-8-19-10-12;/h5,7,9,12H,4,6,8,10-11H2,1-3H3,(H2,16,17,18);1H. The van der Waals surface area contributed by atoms with E-state index in [1.54, 1.807) is 0 Å². The number of nitrogens with zero attached hydrogens (tertiary/aromatic N) is 1. The lowest BCUT2D eigenvalue weighted by Gasteiger charge is -2.28. The highest BCUT2D eigenvalue weighted by atomic mass is 127. The van der Waals surface area contributed by atoms with Crippen LogP contribution in [0.25, 0.3) is 0 Å². The van der Waals surface area contributed by atoms with Gasteiger partial charge in [-0.15, -0.1) is 35.3 Å². The van der Waals surface area contributed by atoms with Gasteiger partial charge in [-0.2, -0.15) is 11.8 Å². The minimum absolute atomic E-state index is 0. The molecule has 0 spiro atoms. The zero-order chi connectivity index (χ0) is 14.4. The molecule has 0 bridgehead atoms. The van der Waals surface area contributed by atoms with E-state index in [-0.39, 0.29) is 29.4 Å². The van der Waals surface area contributed by atoms with E-state index in [1.807, 2.05) is 30.1 Å². The maximum Gasteiger partial charge on any atom is 0.191 e. The van der Waals surface area contributed by atoms with Gasteiger partial charge in [0.15, 0.2) is 5.96 Å². The molecule has 120 valence electrons. The molecule has 0 amide bonds. The largest absolute Gasteiger partial charge is 0.356 e. The molecule has 1 aromatic rings. The SMILES string of the molecule is CN=C(NCC(C)(C)c1cccs1)NC1CCCSC1.I. The number of halogens is 1. The van der Waals surface area contributed by atoms with E-state index in [4.69, 9.17) is 0 Å². The molecular weight excluding hydrogens is 413 g/mol. The zero-order valence-corrected chi connectivity index (χ0v) is 17.0. The topological polar surface area (TPSA) is 36.4 Å². The fraction of sp³-hybridized carbons (Fsp3) is 0.667. The first-order valence-electron chi connectivity index (χ1n) is 7.21. The average molecular weight is 439 g/mol. The summed E-state index contributed by atoms with van der Waals surface area (Å²) in [6.07, 6.45) is 2.56. The highest BCUT2D eigenvalue weighted by Crippen LogP contribution is 2.26. The van der Waals surface area contributed by atoms with Gasteiger partial charge in [0.05, 0.1) is 0 Å². The molecule has 1 aliphatic rings. The van der Waals surface area contributed by atoms with Crippen LogP contribution in [-0.4, -0.2) is 37.1 Å². The number of nitrogens with one attached hydrogen (secondary N) is 2. The number of hydrogen-bond donors (Lipinski definition) is 2. The van der Waals surface area contributed by atoms with E-state index in [9.17, 15) is 0 Å². The maximum atomic E-state index is 4.36. The Bertz CT molecular complexity index is 426. The second-order valence-corrected chi connectivity index (χ2v) is 7.94. The Labute approximate surface area is 153 Å². The van der Waals surface area contributed by atoms with Crippen molar-refractivity contribution in [3.63, 3.8) is 0 Å². The van der Waals surface area contributed by atoms with Crippen molar-refractivity contribution in [2.45, 2.75) is 38.1 Å². The maximum absolute atomic E-state index is 4.36. The van der Waals surface area contributed by atoms with Crippen LogP contribution in [0, 0.1) is 0 Å². The van der Waals surface area contributed by atoms with Crippen LogP contribution < -0.4 is 10.6 Å². The van der Waals surface area contributed by atoms with Gasteiger partial charge < -0.3 is 10.6 Å². The first-order chi connectivity index (χ1) is 9.62. The fourth-order valence-electron chi connectivity index (χ4n) is 2.30. The van der Waals surface area contributed by atoms with E-state index in [0.717, 1.165) is 12.5 Å². The highest BCUT2D eigenvalue weighted by Gasteiger charge is 2.22. The molecule has 0 aromatic carbocycles. The van der Waals surface area contributed by atoms with Crippen molar-refractivity contribution in [1.82, 2.24) is 10.6 Å². The fourth-order valence-corrected chi connectivity index (χ4v) is 4.22. The van der Waals surface area contributed by atoms with Crippen LogP contribution in [0.2, 0.25) is 0 Å². The molecule has 0 radical (unpaired) electrons. The first-order valence-corrected chi connectivity index (χ1v) is 9.24. The van der Waals surface area contributed by atoms with Crippen molar-refractivity contribution >= 4 is 53.0 Å². The van der Waals surface area contributed by atoms with E-state index in [0.29, 0.717) is 6.04 Å². The Balaban J connectivity index is 0.00000220. The Morgan fingerprint density at radius 2 is 2.29 bits per heavy atom. The lowest BCUT2D eigenvalue weighted by Crippen LogP contribution is -2.48. The molecular formula is C15H26IN3S2. The number of aliphatic imine (C=N–C) groups is 1. The van der Waals surface area contributed by atoms with Crippen molar-refractivity contribution in [2.24, 2.45) is 4.99 Å². The lowest BCUT2D eigenvalue weighted by atomic mass is 9.91. The molecule has 0 saturated carbocycles. The summed E-state index contributed by atoms with van der Waals surface area (Å²) in [6.45, 7) is 5.44. The van der Waals surface area contributed by atoms with Crippen LogP contribution in [0.4, 0.5) is 0 Å². The van der Waals surface area contributed by atoms with E-state index < -0.39 is 0 Å². The van der Waals surface area contributed by atoms with Gasteiger partial charge in [0.2, 0.25) is 0 Å². The van der Waals surface area contributed by atoms with Crippen LogP contribution in [0.1, 0.15) is 31.6 Å². The van der Waals surface area contributed by atoms with E-state index >= 15 is 0 Å². The van der Waals surface area contributed by atoms with Crippen LogP contribution in [0.5, 0.6) is 0 Å². The predicted molar refractivity (Wildman–Crippen MR) is 108 cm³/mol. The van der Waals surface area contributed by atoms with Gasteiger partial charge in [-0.25, -0.2) is 0 Å². The molecule has 1 aromatic heterocycles. The van der Waals surface area contributed by atoms with Gasteiger partial charge in [0.1, 0.15) is 0 Å². The molecule has 1 atom stereocenters. The number of thiophene rings is 1. The van der Waals surface area contributed by atoms with Crippen LogP contribution >= 0.6 is 47.1 Å². The molecule has 2 N–H and O–H groups in total. The van der Waals surface area contributed by atoms with E-state index in [2.05, 4.69) is 47.0 Å². The average Bonchev–Trinajstić information content (AvgIpc) is 2.99. The summed E-state index contributed by atoms with van der Waals surface area (Å²) in [4.78, 5) is 5.77. The Kier molecular flexibility index (Phi) is 8.41. The zero-order valence-electron chi connectivity index (χ0n) is 13.0. The van der Waals surface area contributed by atoms with Gasteiger partial charge in [-0.1, -0.05) is 19.9 Å². The summed E-state index contributed by atoms with van der Waals surface area (Å²) in [5.41, 5.74) is 0.132. The smallest absolute Gasteiger partial charge is 0.191 e. The van der Waals surface area contributed by atoms with Gasteiger partial charge in [-0.05, 0) is 30.0 Å². The molecule has 1 fully saturated rings. The van der Waals surface area contributed by atoms with Crippen LogP contribution in [0.3, 0.4) is 0 Å². The summed E-state index contributed by atoms with van der Waals surface area (Å²) in [6, 6.07) is 4.89. The molecule has 2 heterocycles. The predicted octanol–water partition coefficient (Wildman–Crippen LogP) is 3.70. The number of thioether (sulfide) groups is 1. The lowest BCUT2D eigenvalue weighted by molar-refractivity contribution is 0.510. The second kappa shape index (κ2) is 9.25. The third kappa shape index (κ3) is 5.98. The van der Waals surface area contributed by atoms with Crippen molar-refractivity contribution < 1.29 is 0 Å². The minimum Gasteiger partial charge on any atom is -0.356 e. The summed E-state index contributed by atoms with van der Waals surface area (Å²) >= 11 is 3.85. The Morgan fingerprint density at radius 1 is 1.48 bits per heavy atom.